The highest BCUT2D eigenvalue weighted by Crippen LogP contribution is 2.21. The van der Waals surface area contributed by atoms with E-state index in [1.807, 2.05) is 0 Å². The maximum Gasteiger partial charge on any atom is 0.256 e. The smallest absolute Gasteiger partial charge is 0.256 e. The summed E-state index contributed by atoms with van der Waals surface area (Å²) in [6, 6.07) is 4.12. The van der Waals surface area contributed by atoms with Gasteiger partial charge in [-0.1, -0.05) is 6.07 Å². The second-order valence-corrected chi connectivity index (χ2v) is 4.35. The Balaban J connectivity index is 2.25. The predicted molar refractivity (Wildman–Crippen MR) is 67.8 cm³/mol. The van der Waals surface area contributed by atoms with E-state index in [1.54, 1.807) is 11.9 Å². The van der Waals surface area contributed by atoms with Crippen LogP contribution in [0.4, 0.5) is 10.1 Å². The van der Waals surface area contributed by atoms with E-state index in [-0.39, 0.29) is 23.7 Å². The van der Waals surface area contributed by atoms with E-state index in [0.29, 0.717) is 13.1 Å². The van der Waals surface area contributed by atoms with Gasteiger partial charge in [0, 0.05) is 20.1 Å². The van der Waals surface area contributed by atoms with Crippen LogP contribution in [-0.4, -0.2) is 48.3 Å². The molecule has 1 fully saturated rings. The first-order valence-corrected chi connectivity index (χ1v) is 5.83. The standard InChI is InChI=1S/C12H15FN4O2/c1-16-5-6-17(7-10(16)18)12(19)8-3-2-4-9(13)11(8)15-14/h2-4,15H,5-7,14H2,1H3. The molecule has 2 rings (SSSR count). The molecule has 0 atom stereocenters. The summed E-state index contributed by atoms with van der Waals surface area (Å²) in [6.45, 7) is 0.878. The fraction of sp³-hybridized carbons (Fsp3) is 0.333. The zero-order chi connectivity index (χ0) is 14.0. The fourth-order valence-corrected chi connectivity index (χ4v) is 1.95. The molecule has 1 aromatic carbocycles. The Hall–Kier alpha value is -2.15. The number of nitrogens with zero attached hydrogens (tertiary/aromatic N) is 2. The zero-order valence-electron chi connectivity index (χ0n) is 10.5. The number of piperazine rings is 1. The first-order valence-electron chi connectivity index (χ1n) is 5.83. The van der Waals surface area contributed by atoms with Gasteiger partial charge in [0.1, 0.15) is 12.4 Å². The monoisotopic (exact) mass is 266 g/mol. The molecular weight excluding hydrogens is 251 g/mol. The van der Waals surface area contributed by atoms with Gasteiger partial charge in [0.05, 0.1) is 11.3 Å². The Morgan fingerprint density at radius 2 is 2.16 bits per heavy atom. The number of carbonyl (C=O) groups is 2. The maximum atomic E-state index is 13.5. The van der Waals surface area contributed by atoms with E-state index < -0.39 is 11.7 Å². The third-order valence-electron chi connectivity index (χ3n) is 3.13. The topological polar surface area (TPSA) is 78.7 Å². The van der Waals surface area contributed by atoms with Crippen molar-refractivity contribution >= 4 is 17.5 Å². The third kappa shape index (κ3) is 2.50. The van der Waals surface area contributed by atoms with Gasteiger partial charge in [0.25, 0.3) is 5.91 Å². The van der Waals surface area contributed by atoms with Crippen LogP contribution >= 0.6 is 0 Å². The lowest BCUT2D eigenvalue weighted by atomic mass is 10.1. The van der Waals surface area contributed by atoms with Gasteiger partial charge in [-0.05, 0) is 12.1 Å². The normalized spacial score (nSPS) is 15.6. The molecule has 1 aromatic rings. The SMILES string of the molecule is CN1CCN(C(=O)c2cccc(F)c2NN)CC1=O. The number of hydrazine groups is 1. The highest BCUT2D eigenvalue weighted by Gasteiger charge is 2.27. The molecule has 1 aliphatic rings. The number of hydrogen-bond donors (Lipinski definition) is 2. The van der Waals surface area contributed by atoms with Crippen molar-refractivity contribution in [2.75, 3.05) is 32.1 Å². The average Bonchev–Trinajstić information content (AvgIpc) is 2.40. The lowest BCUT2D eigenvalue weighted by molar-refractivity contribution is -0.133. The van der Waals surface area contributed by atoms with Crippen molar-refractivity contribution in [1.82, 2.24) is 9.80 Å². The second kappa shape index (κ2) is 5.23. The van der Waals surface area contributed by atoms with E-state index in [2.05, 4.69) is 5.43 Å². The van der Waals surface area contributed by atoms with Crippen molar-refractivity contribution in [1.29, 1.82) is 0 Å². The van der Waals surface area contributed by atoms with Gasteiger partial charge in [-0.15, -0.1) is 0 Å². The lowest BCUT2D eigenvalue weighted by Gasteiger charge is -2.32. The number of anilines is 1. The quantitative estimate of drug-likeness (QED) is 0.584. The van der Waals surface area contributed by atoms with Crippen LogP contribution in [0.2, 0.25) is 0 Å². The first kappa shape index (κ1) is 13.3. The van der Waals surface area contributed by atoms with Crippen LogP contribution in [0.1, 0.15) is 10.4 Å². The summed E-state index contributed by atoms with van der Waals surface area (Å²) in [6.07, 6.45) is 0. The van der Waals surface area contributed by atoms with Crippen LogP contribution in [0.3, 0.4) is 0 Å². The number of amides is 2. The molecule has 1 heterocycles. The number of nitrogen functional groups attached to an aromatic ring is 1. The number of nitrogens with two attached hydrogens (primary N) is 1. The van der Waals surface area contributed by atoms with Crippen molar-refractivity contribution in [3.05, 3.63) is 29.6 Å². The number of carbonyl (C=O) groups excluding carboxylic acids is 2. The minimum absolute atomic E-state index is 0.00411. The van der Waals surface area contributed by atoms with Gasteiger partial charge in [-0.25, -0.2) is 4.39 Å². The van der Waals surface area contributed by atoms with Crippen molar-refractivity contribution in [3.8, 4) is 0 Å². The van der Waals surface area contributed by atoms with Crippen LogP contribution in [0.15, 0.2) is 18.2 Å². The second-order valence-electron chi connectivity index (χ2n) is 4.35. The molecule has 2 amide bonds. The molecule has 0 unspecified atom stereocenters. The van der Waals surface area contributed by atoms with Gasteiger partial charge < -0.3 is 15.2 Å². The van der Waals surface area contributed by atoms with Crippen LogP contribution in [0.25, 0.3) is 0 Å². The predicted octanol–water partition coefficient (Wildman–Crippen LogP) is 0.0255. The number of likely N-dealkylation sites (N-methyl/N-ethyl adjacent to an activating group) is 1. The Bertz CT molecular complexity index is 520. The maximum absolute atomic E-state index is 13.5. The van der Waals surface area contributed by atoms with Gasteiger partial charge >= 0.3 is 0 Å². The third-order valence-corrected chi connectivity index (χ3v) is 3.13. The lowest BCUT2D eigenvalue weighted by Crippen LogP contribution is -2.50. The van der Waals surface area contributed by atoms with Crippen LogP contribution in [0.5, 0.6) is 0 Å². The number of halogens is 1. The van der Waals surface area contributed by atoms with Crippen LogP contribution in [-0.2, 0) is 4.79 Å². The molecule has 0 aliphatic carbocycles. The number of benzene rings is 1. The van der Waals surface area contributed by atoms with Gasteiger partial charge in [-0.3, -0.25) is 15.4 Å². The molecule has 7 heteroatoms. The summed E-state index contributed by atoms with van der Waals surface area (Å²) in [5.74, 6) is 4.08. The van der Waals surface area contributed by atoms with Crippen LogP contribution < -0.4 is 11.3 Å². The summed E-state index contributed by atoms with van der Waals surface area (Å²) in [7, 11) is 1.68. The molecule has 6 nitrogen and oxygen atoms in total. The van der Waals surface area contributed by atoms with E-state index in [0.717, 1.165) is 0 Å². The van der Waals surface area contributed by atoms with E-state index in [4.69, 9.17) is 5.84 Å². The summed E-state index contributed by atoms with van der Waals surface area (Å²) in [5, 5.41) is 0. The molecule has 3 N–H and O–H groups in total. The Morgan fingerprint density at radius 1 is 1.42 bits per heavy atom. The molecule has 102 valence electrons. The summed E-state index contributed by atoms with van der Waals surface area (Å²) in [4.78, 5) is 26.8. The van der Waals surface area contributed by atoms with Gasteiger partial charge in [-0.2, -0.15) is 0 Å². The minimum atomic E-state index is -0.603. The van der Waals surface area contributed by atoms with Gasteiger partial charge in [0.2, 0.25) is 5.91 Å². The zero-order valence-corrected chi connectivity index (χ0v) is 10.5. The molecule has 0 bridgehead atoms. The Kier molecular flexibility index (Phi) is 3.66. The molecule has 0 saturated carbocycles. The highest BCUT2D eigenvalue weighted by atomic mass is 19.1. The number of para-hydroxylation sites is 1. The first-order chi connectivity index (χ1) is 9.04. The van der Waals surface area contributed by atoms with Crippen molar-refractivity contribution in [3.63, 3.8) is 0 Å². The van der Waals surface area contributed by atoms with Gasteiger partial charge in [0.15, 0.2) is 0 Å². The largest absolute Gasteiger partial charge is 0.342 e. The minimum Gasteiger partial charge on any atom is -0.342 e. The highest BCUT2D eigenvalue weighted by molar-refractivity contribution is 6.01. The van der Waals surface area contributed by atoms with E-state index in [1.165, 1.54) is 23.1 Å². The summed E-state index contributed by atoms with van der Waals surface area (Å²) < 4.78 is 13.5. The number of rotatable bonds is 2. The molecule has 0 spiro atoms. The van der Waals surface area contributed by atoms with Crippen LogP contribution in [0, 0.1) is 5.82 Å². The molecule has 1 saturated heterocycles. The summed E-state index contributed by atoms with van der Waals surface area (Å²) >= 11 is 0. The molecule has 0 radical (unpaired) electrons. The molecule has 0 aromatic heterocycles. The Labute approximate surface area is 109 Å². The van der Waals surface area contributed by atoms with Crippen molar-refractivity contribution in [2.45, 2.75) is 0 Å². The van der Waals surface area contributed by atoms with Crippen molar-refractivity contribution < 1.29 is 14.0 Å². The fourth-order valence-electron chi connectivity index (χ4n) is 1.95. The number of hydrogen-bond acceptors (Lipinski definition) is 4. The average molecular weight is 266 g/mol. The molecule has 19 heavy (non-hydrogen) atoms. The molecular formula is C12H15FN4O2. The molecule has 1 aliphatic heterocycles. The van der Waals surface area contributed by atoms with Crippen molar-refractivity contribution in [2.24, 2.45) is 5.84 Å². The Morgan fingerprint density at radius 3 is 2.79 bits per heavy atom. The summed E-state index contributed by atoms with van der Waals surface area (Å²) in [5.41, 5.74) is 2.25. The number of nitrogens with one attached hydrogen (secondary N) is 1. The van der Waals surface area contributed by atoms with E-state index in [9.17, 15) is 14.0 Å². The van der Waals surface area contributed by atoms with E-state index >= 15 is 0 Å².